The van der Waals surface area contributed by atoms with Crippen molar-refractivity contribution in [2.24, 2.45) is 17.8 Å². The minimum atomic E-state index is -1.26. The largest absolute Gasteiger partial charge is 0.423 e. The molecule has 6 nitrogen and oxygen atoms in total. The lowest BCUT2D eigenvalue weighted by atomic mass is 9.80. The van der Waals surface area contributed by atoms with Crippen molar-refractivity contribution in [3.05, 3.63) is 41.5 Å². The maximum absolute atomic E-state index is 13.6. The van der Waals surface area contributed by atoms with Gasteiger partial charge in [-0.15, -0.1) is 0 Å². The lowest BCUT2D eigenvalue weighted by molar-refractivity contribution is -0.210. The van der Waals surface area contributed by atoms with Crippen molar-refractivity contribution in [1.82, 2.24) is 0 Å². The van der Waals surface area contributed by atoms with Gasteiger partial charge in [-0.1, -0.05) is 12.2 Å². The fourth-order valence-corrected chi connectivity index (χ4v) is 3.91. The summed E-state index contributed by atoms with van der Waals surface area (Å²) < 4.78 is 48.2. The first-order valence-corrected chi connectivity index (χ1v) is 10.5. The lowest BCUT2D eigenvalue weighted by Crippen LogP contribution is -2.39. The number of halogens is 2. The normalized spacial score (nSPS) is 26.5. The van der Waals surface area contributed by atoms with E-state index in [4.69, 9.17) is 24.2 Å². The van der Waals surface area contributed by atoms with Crippen molar-refractivity contribution in [2.75, 3.05) is 26.9 Å². The standard InChI is InChI=1S/C23H27F2NO5/c1-28-9-8-16-4-2-15(3-5-16)6-7-17-13-29-23(30-14-17)22(27)31-18-10-20(24)19(12-26)21(25)11-18/h6-7,10-11,15-17,23H,2-5,8-9,13-14H2,1H3. The van der Waals surface area contributed by atoms with E-state index in [-0.39, 0.29) is 24.9 Å². The van der Waals surface area contributed by atoms with E-state index in [1.54, 1.807) is 7.11 Å². The summed E-state index contributed by atoms with van der Waals surface area (Å²) in [7, 11) is 1.74. The summed E-state index contributed by atoms with van der Waals surface area (Å²) in [5.74, 6) is -2.14. The van der Waals surface area contributed by atoms with E-state index in [0.29, 0.717) is 5.92 Å². The van der Waals surface area contributed by atoms with E-state index in [0.717, 1.165) is 43.9 Å². The second-order valence-corrected chi connectivity index (χ2v) is 8.00. The molecule has 31 heavy (non-hydrogen) atoms. The third kappa shape index (κ3) is 6.57. The summed E-state index contributed by atoms with van der Waals surface area (Å²) in [5.41, 5.74) is -0.733. The first kappa shape index (κ1) is 23.3. The Hall–Kier alpha value is -2.34. The van der Waals surface area contributed by atoms with Gasteiger partial charge in [0.15, 0.2) is 0 Å². The van der Waals surface area contributed by atoms with E-state index in [1.807, 2.05) is 0 Å². The summed E-state index contributed by atoms with van der Waals surface area (Å²) in [4.78, 5) is 12.2. The molecule has 0 radical (unpaired) electrons. The third-order valence-corrected chi connectivity index (χ3v) is 5.74. The van der Waals surface area contributed by atoms with E-state index >= 15 is 0 Å². The summed E-state index contributed by atoms with van der Waals surface area (Å²) in [6.45, 7) is 1.39. The monoisotopic (exact) mass is 435 g/mol. The van der Waals surface area contributed by atoms with E-state index in [1.165, 1.54) is 18.9 Å². The Labute approximate surface area is 180 Å². The maximum Gasteiger partial charge on any atom is 0.368 e. The van der Waals surface area contributed by atoms with Gasteiger partial charge in [0.05, 0.1) is 13.2 Å². The number of hydrogen-bond donors (Lipinski definition) is 0. The lowest BCUT2D eigenvalue weighted by Gasteiger charge is -2.28. The van der Waals surface area contributed by atoms with Gasteiger partial charge in [0, 0.05) is 31.8 Å². The van der Waals surface area contributed by atoms with Gasteiger partial charge < -0.3 is 18.9 Å². The van der Waals surface area contributed by atoms with Crippen LogP contribution in [0.1, 0.15) is 37.7 Å². The van der Waals surface area contributed by atoms with Gasteiger partial charge in [-0.25, -0.2) is 13.6 Å². The summed E-state index contributed by atoms with van der Waals surface area (Å²) in [6.07, 6.45) is 8.88. The molecule has 1 aliphatic carbocycles. The molecule has 0 spiro atoms. The molecule has 1 saturated carbocycles. The van der Waals surface area contributed by atoms with Crippen LogP contribution in [0.3, 0.4) is 0 Å². The number of esters is 1. The van der Waals surface area contributed by atoms with Crippen LogP contribution in [0.4, 0.5) is 8.78 Å². The molecule has 3 rings (SSSR count). The first-order valence-electron chi connectivity index (χ1n) is 10.5. The molecule has 0 aromatic heterocycles. The average molecular weight is 435 g/mol. The number of allylic oxidation sites excluding steroid dienone is 1. The molecular formula is C23H27F2NO5. The van der Waals surface area contributed by atoms with Gasteiger partial charge in [-0.05, 0) is 43.9 Å². The predicted molar refractivity (Wildman–Crippen MR) is 107 cm³/mol. The Morgan fingerprint density at radius 2 is 1.74 bits per heavy atom. The Kier molecular flexibility index (Phi) is 8.52. The van der Waals surface area contributed by atoms with Crippen LogP contribution in [0.2, 0.25) is 0 Å². The zero-order valence-electron chi connectivity index (χ0n) is 17.5. The topological polar surface area (TPSA) is 77.8 Å². The summed E-state index contributed by atoms with van der Waals surface area (Å²) in [6, 6.07) is 2.96. The van der Waals surface area contributed by atoms with Gasteiger partial charge in [0.2, 0.25) is 0 Å². The molecule has 0 atom stereocenters. The van der Waals surface area contributed by atoms with Crippen LogP contribution in [-0.2, 0) is 19.0 Å². The van der Waals surface area contributed by atoms with Crippen molar-refractivity contribution in [3.63, 3.8) is 0 Å². The molecule has 1 heterocycles. The summed E-state index contributed by atoms with van der Waals surface area (Å²) in [5, 5.41) is 8.68. The molecule has 0 unspecified atom stereocenters. The molecule has 1 aromatic rings. The zero-order valence-corrected chi connectivity index (χ0v) is 17.5. The fourth-order valence-electron chi connectivity index (χ4n) is 3.91. The van der Waals surface area contributed by atoms with Gasteiger partial charge in [-0.2, -0.15) is 5.26 Å². The highest BCUT2D eigenvalue weighted by Crippen LogP contribution is 2.32. The number of carbonyl (C=O) groups is 1. The molecular weight excluding hydrogens is 408 g/mol. The van der Waals surface area contributed by atoms with Crippen molar-refractivity contribution in [1.29, 1.82) is 5.26 Å². The number of nitriles is 1. The second-order valence-electron chi connectivity index (χ2n) is 8.00. The van der Waals surface area contributed by atoms with Crippen LogP contribution >= 0.6 is 0 Å². The zero-order chi connectivity index (χ0) is 22.2. The quantitative estimate of drug-likeness (QED) is 0.364. The first-order chi connectivity index (χ1) is 15.0. The highest BCUT2D eigenvalue weighted by Gasteiger charge is 2.29. The van der Waals surface area contributed by atoms with Crippen LogP contribution in [0, 0.1) is 40.7 Å². The summed E-state index contributed by atoms with van der Waals surface area (Å²) >= 11 is 0. The number of hydrogen-bond acceptors (Lipinski definition) is 6. The molecule has 1 aromatic carbocycles. The Balaban J connectivity index is 1.42. The minimum Gasteiger partial charge on any atom is -0.423 e. The predicted octanol–water partition coefficient (Wildman–Crippen LogP) is 4.13. The number of carbonyl (C=O) groups excluding carboxylic acids is 1. The van der Waals surface area contributed by atoms with E-state index in [2.05, 4.69) is 12.2 Å². The number of benzene rings is 1. The van der Waals surface area contributed by atoms with Gasteiger partial charge in [-0.3, -0.25) is 0 Å². The Morgan fingerprint density at radius 3 is 2.32 bits per heavy atom. The maximum atomic E-state index is 13.6. The van der Waals surface area contributed by atoms with Crippen molar-refractivity contribution in [2.45, 2.75) is 38.4 Å². The molecule has 1 saturated heterocycles. The van der Waals surface area contributed by atoms with Crippen molar-refractivity contribution < 1.29 is 32.5 Å². The number of ether oxygens (including phenoxy) is 4. The van der Waals surface area contributed by atoms with Crippen LogP contribution < -0.4 is 4.74 Å². The fraction of sp³-hybridized carbons (Fsp3) is 0.565. The van der Waals surface area contributed by atoms with E-state index in [9.17, 15) is 13.6 Å². The Bertz CT molecular complexity index is 799. The number of nitrogens with zero attached hydrogens (tertiary/aromatic N) is 1. The van der Waals surface area contributed by atoms with Crippen molar-refractivity contribution in [3.8, 4) is 11.8 Å². The smallest absolute Gasteiger partial charge is 0.368 e. The van der Waals surface area contributed by atoms with E-state index < -0.39 is 29.5 Å². The third-order valence-electron chi connectivity index (χ3n) is 5.74. The number of rotatable bonds is 7. The molecule has 0 bridgehead atoms. The van der Waals surface area contributed by atoms with Gasteiger partial charge >= 0.3 is 5.97 Å². The molecule has 2 fully saturated rings. The Morgan fingerprint density at radius 1 is 1.13 bits per heavy atom. The van der Waals surface area contributed by atoms with Crippen molar-refractivity contribution >= 4 is 5.97 Å². The van der Waals surface area contributed by atoms with Gasteiger partial charge in [0.1, 0.15) is 29.0 Å². The minimum absolute atomic E-state index is 0.0278. The molecule has 0 amide bonds. The number of methoxy groups -OCH3 is 1. The second kappa shape index (κ2) is 11.3. The highest BCUT2D eigenvalue weighted by molar-refractivity contribution is 5.76. The molecule has 0 N–H and O–H groups in total. The van der Waals surface area contributed by atoms with Crippen LogP contribution in [0.15, 0.2) is 24.3 Å². The highest BCUT2D eigenvalue weighted by atomic mass is 19.1. The van der Waals surface area contributed by atoms with Crippen LogP contribution in [-0.4, -0.2) is 39.2 Å². The molecule has 168 valence electrons. The molecule has 1 aliphatic heterocycles. The van der Waals surface area contributed by atoms with Crippen LogP contribution in [0.25, 0.3) is 0 Å². The van der Waals surface area contributed by atoms with Crippen LogP contribution in [0.5, 0.6) is 5.75 Å². The molecule has 2 aliphatic rings. The molecule has 8 heteroatoms. The van der Waals surface area contributed by atoms with Gasteiger partial charge in [0.25, 0.3) is 6.29 Å². The average Bonchev–Trinajstić information content (AvgIpc) is 2.77. The SMILES string of the molecule is COCCC1CCC(C=CC2COC(C(=O)Oc3cc(F)c(C#N)c(F)c3)OC2)CC1.